The van der Waals surface area contributed by atoms with E-state index in [9.17, 15) is 14.7 Å². The first kappa shape index (κ1) is 13.6. The van der Waals surface area contributed by atoms with E-state index in [0.717, 1.165) is 5.57 Å². The molecule has 1 saturated heterocycles. The molecule has 0 saturated carbocycles. The normalized spacial score (nSPS) is 28.0. The molecule has 5 nitrogen and oxygen atoms in total. The monoisotopic (exact) mass is 286 g/mol. The molecule has 1 amide bonds. The maximum Gasteiger partial charge on any atom is 0.352 e. The van der Waals surface area contributed by atoms with Crippen molar-refractivity contribution in [2.45, 2.75) is 38.0 Å². The molecule has 2 aliphatic rings. The smallest absolute Gasteiger partial charge is 0.352 e. The third kappa shape index (κ3) is 2.22. The third-order valence-corrected chi connectivity index (χ3v) is 5.55. The molecule has 0 aliphatic carbocycles. The first-order chi connectivity index (χ1) is 8.22. The molecule has 0 bridgehead atoms. The van der Waals surface area contributed by atoms with Crippen LogP contribution in [-0.2, 0) is 9.59 Å². The van der Waals surface area contributed by atoms with Gasteiger partial charge in [-0.2, -0.15) is 0 Å². The summed E-state index contributed by atoms with van der Waals surface area (Å²) in [6.45, 7) is 8.18. The quantitative estimate of drug-likeness (QED) is 0.599. The van der Waals surface area contributed by atoms with E-state index in [2.05, 4.69) is 24.6 Å². The highest BCUT2D eigenvalue weighted by atomic mass is 32.2. The number of hydrogen-bond acceptors (Lipinski definition) is 4. The Morgan fingerprint density at radius 2 is 2.11 bits per heavy atom. The first-order valence-electron chi connectivity index (χ1n) is 5.88. The highest BCUT2D eigenvalue weighted by Crippen LogP contribution is 2.40. The number of carbonyl (C=O) groups excluding carboxylic acids is 1. The maximum absolute atomic E-state index is 12.1. The summed E-state index contributed by atoms with van der Waals surface area (Å²) in [4.78, 5) is 28.2. The van der Waals surface area contributed by atoms with Gasteiger partial charge in [0.25, 0.3) is 0 Å². The van der Waals surface area contributed by atoms with Crippen LogP contribution in [-0.4, -0.2) is 47.3 Å². The van der Waals surface area contributed by atoms with Gasteiger partial charge in [0, 0.05) is 5.75 Å². The predicted molar refractivity (Wildman–Crippen MR) is 73.7 cm³/mol. The number of hydrogen-bond donors (Lipinski definition) is 2. The summed E-state index contributed by atoms with van der Waals surface area (Å²) in [5.74, 6) is -0.427. The molecule has 2 rings (SSSR count). The van der Waals surface area contributed by atoms with Gasteiger partial charge in [-0.3, -0.25) is 9.69 Å². The molecular formula is C11H18N2O3SSi. The third-order valence-electron chi connectivity index (χ3n) is 2.95. The van der Waals surface area contributed by atoms with Crippen LogP contribution in [0, 0.1) is 0 Å². The van der Waals surface area contributed by atoms with Gasteiger partial charge in [-0.15, -0.1) is 11.8 Å². The number of β-lactam (4-membered cyclic amide) rings is 1. The fourth-order valence-electron chi connectivity index (χ4n) is 2.24. The van der Waals surface area contributed by atoms with Gasteiger partial charge in [0.05, 0.1) is 0 Å². The van der Waals surface area contributed by atoms with E-state index in [1.807, 2.05) is 0 Å². The van der Waals surface area contributed by atoms with Gasteiger partial charge in [0.15, 0.2) is 0 Å². The second-order valence-corrected chi connectivity index (χ2v) is 11.6. The number of carbonyl (C=O) groups is 2. The minimum atomic E-state index is -1.55. The van der Waals surface area contributed by atoms with Gasteiger partial charge >= 0.3 is 5.97 Å². The lowest BCUT2D eigenvalue weighted by molar-refractivity contribution is -0.148. The zero-order valence-electron chi connectivity index (χ0n) is 11.0. The first-order valence-corrected chi connectivity index (χ1v) is 10.4. The van der Waals surface area contributed by atoms with Crippen LogP contribution in [0.2, 0.25) is 19.6 Å². The summed E-state index contributed by atoms with van der Waals surface area (Å²) in [5, 5.41) is 9.14. The minimum Gasteiger partial charge on any atom is -0.477 e. The number of nitrogens with one attached hydrogen (secondary N) is 1. The van der Waals surface area contributed by atoms with Crippen molar-refractivity contribution in [2.24, 2.45) is 0 Å². The van der Waals surface area contributed by atoms with Crippen LogP contribution in [0.1, 0.15) is 6.92 Å². The Morgan fingerprint density at radius 3 is 2.61 bits per heavy atom. The summed E-state index contributed by atoms with van der Waals surface area (Å²) in [7, 11) is -1.55. The Labute approximate surface area is 112 Å². The van der Waals surface area contributed by atoms with Gasteiger partial charge in [0.2, 0.25) is 5.91 Å². The maximum atomic E-state index is 12.1. The molecule has 0 aromatic rings. The van der Waals surface area contributed by atoms with Crippen LogP contribution in [0.4, 0.5) is 0 Å². The lowest BCUT2D eigenvalue weighted by Gasteiger charge is -2.51. The van der Waals surface area contributed by atoms with Crippen molar-refractivity contribution in [3.05, 3.63) is 11.3 Å². The Bertz CT molecular complexity index is 444. The summed E-state index contributed by atoms with van der Waals surface area (Å²) >= 11 is 1.64. The fraction of sp³-hybridized carbons (Fsp3) is 0.636. The zero-order chi connectivity index (χ0) is 13.7. The lowest BCUT2D eigenvalue weighted by atomic mass is 10.0. The zero-order valence-corrected chi connectivity index (χ0v) is 12.8. The molecule has 2 atom stereocenters. The van der Waals surface area contributed by atoms with E-state index >= 15 is 0 Å². The van der Waals surface area contributed by atoms with Crippen molar-refractivity contribution in [3.8, 4) is 0 Å². The molecule has 0 spiro atoms. The van der Waals surface area contributed by atoms with Crippen molar-refractivity contribution in [1.82, 2.24) is 9.88 Å². The number of nitrogens with zero attached hydrogens (tertiary/aromatic N) is 1. The van der Waals surface area contributed by atoms with Gasteiger partial charge in [-0.25, -0.2) is 4.79 Å². The lowest BCUT2D eigenvalue weighted by Crippen LogP contribution is -2.73. The number of amides is 1. The van der Waals surface area contributed by atoms with Crippen LogP contribution in [0.3, 0.4) is 0 Å². The SMILES string of the molecule is CC1=C(C(=O)O)N2C(=O)C(N[Si](C)(C)C)[C@@H]2SC1. The molecule has 0 aromatic carbocycles. The van der Waals surface area contributed by atoms with Gasteiger partial charge in [-0.05, 0) is 12.5 Å². The number of aliphatic carboxylic acids is 1. The Balaban J connectivity index is 2.21. The highest BCUT2D eigenvalue weighted by Gasteiger charge is 2.53. The number of carboxylic acids is 1. The molecule has 7 heteroatoms. The number of carboxylic acid groups (broad SMARTS) is 1. The van der Waals surface area contributed by atoms with E-state index in [1.165, 1.54) is 4.90 Å². The molecule has 100 valence electrons. The molecular weight excluding hydrogens is 268 g/mol. The largest absolute Gasteiger partial charge is 0.477 e. The Kier molecular flexibility index (Phi) is 3.33. The Hall–Kier alpha value is -0.793. The predicted octanol–water partition coefficient (Wildman–Crippen LogP) is 1.05. The number of rotatable bonds is 3. The molecule has 2 heterocycles. The van der Waals surface area contributed by atoms with Crippen molar-refractivity contribution in [1.29, 1.82) is 0 Å². The van der Waals surface area contributed by atoms with E-state index in [0.29, 0.717) is 5.75 Å². The highest BCUT2D eigenvalue weighted by molar-refractivity contribution is 8.00. The van der Waals surface area contributed by atoms with Gasteiger partial charge in [-0.1, -0.05) is 19.6 Å². The van der Waals surface area contributed by atoms with Gasteiger partial charge < -0.3 is 10.1 Å². The van der Waals surface area contributed by atoms with Crippen LogP contribution in [0.25, 0.3) is 0 Å². The Morgan fingerprint density at radius 1 is 1.50 bits per heavy atom. The molecule has 18 heavy (non-hydrogen) atoms. The van der Waals surface area contributed by atoms with E-state index < -0.39 is 14.2 Å². The average molecular weight is 286 g/mol. The summed E-state index contributed by atoms with van der Waals surface area (Å²) < 4.78 is 0. The van der Waals surface area contributed by atoms with Crippen molar-refractivity contribution >= 4 is 31.9 Å². The summed E-state index contributed by atoms with van der Waals surface area (Å²) in [6.07, 6.45) is 0. The second kappa shape index (κ2) is 4.39. The molecule has 2 N–H and O–H groups in total. The fourth-order valence-corrected chi connectivity index (χ4v) is 4.87. The number of fused-ring (bicyclic) bond motifs is 1. The molecule has 0 radical (unpaired) electrons. The molecule has 1 fully saturated rings. The van der Waals surface area contributed by atoms with E-state index in [4.69, 9.17) is 0 Å². The van der Waals surface area contributed by atoms with Gasteiger partial charge in [0.1, 0.15) is 25.3 Å². The number of thioether (sulfide) groups is 1. The van der Waals surface area contributed by atoms with Crippen LogP contribution >= 0.6 is 11.8 Å². The second-order valence-electron chi connectivity index (χ2n) is 5.72. The summed E-state index contributed by atoms with van der Waals surface area (Å²) in [6, 6.07) is -0.218. The summed E-state index contributed by atoms with van der Waals surface area (Å²) in [5.41, 5.74) is 0.945. The molecule has 2 aliphatic heterocycles. The van der Waals surface area contributed by atoms with Crippen molar-refractivity contribution in [2.75, 3.05) is 5.75 Å². The van der Waals surface area contributed by atoms with E-state index in [-0.39, 0.29) is 23.0 Å². The molecule has 0 aromatic heterocycles. The average Bonchev–Trinajstić information content (AvgIpc) is 2.24. The topological polar surface area (TPSA) is 69.6 Å². The molecule has 1 unspecified atom stereocenters. The van der Waals surface area contributed by atoms with E-state index in [1.54, 1.807) is 18.7 Å². The van der Waals surface area contributed by atoms with Crippen LogP contribution in [0.15, 0.2) is 11.3 Å². The van der Waals surface area contributed by atoms with Crippen molar-refractivity contribution < 1.29 is 14.7 Å². The standard InChI is InChI=1S/C11H18N2O3SSi/c1-6-5-17-10-7(12-18(2,3)4)9(14)13(10)8(6)11(15)16/h7,10,12H,5H2,1-4H3,(H,15,16)/t7?,10-/m0/s1. The van der Waals surface area contributed by atoms with Crippen LogP contribution in [0.5, 0.6) is 0 Å². The van der Waals surface area contributed by atoms with Crippen molar-refractivity contribution in [3.63, 3.8) is 0 Å². The minimum absolute atomic E-state index is 0.0565. The van der Waals surface area contributed by atoms with Crippen LogP contribution < -0.4 is 4.98 Å².